The Labute approximate surface area is 128 Å². The number of hydrogen-bond acceptors (Lipinski definition) is 1. The van der Waals surface area contributed by atoms with E-state index < -0.39 is 0 Å². The Morgan fingerprint density at radius 1 is 1.11 bits per heavy atom. The number of rotatable bonds is 3. The van der Waals surface area contributed by atoms with Gasteiger partial charge in [-0.1, -0.05) is 18.6 Å². The highest BCUT2D eigenvalue weighted by atomic mass is 127. The van der Waals surface area contributed by atoms with Crippen LogP contribution in [-0.4, -0.2) is 25.5 Å². The third-order valence-corrected chi connectivity index (χ3v) is 4.56. The molecule has 2 rings (SSSR count). The summed E-state index contributed by atoms with van der Waals surface area (Å²) >= 11 is 2.25. The van der Waals surface area contributed by atoms with Gasteiger partial charge in [-0.15, -0.1) is 0 Å². The average molecular weight is 373 g/mol. The maximum atomic E-state index is 12.1. The Morgan fingerprint density at radius 2 is 1.74 bits per heavy atom. The van der Waals surface area contributed by atoms with E-state index in [1.807, 2.05) is 24.3 Å². The number of para-hydroxylation sites is 1. The van der Waals surface area contributed by atoms with Gasteiger partial charge in [-0.3, -0.25) is 4.79 Å². The van der Waals surface area contributed by atoms with Crippen molar-refractivity contribution in [2.24, 2.45) is 0 Å². The lowest BCUT2D eigenvalue weighted by molar-refractivity contribution is -0.892. The van der Waals surface area contributed by atoms with E-state index in [1.165, 1.54) is 37.0 Å². The molecule has 0 aliphatic carbocycles. The number of carbonyl (C=O) groups excluding carboxylic acids is 1. The van der Waals surface area contributed by atoms with Gasteiger partial charge in [0.25, 0.3) is 5.91 Å². The quantitative estimate of drug-likeness (QED) is 0.782. The minimum Gasteiger partial charge on any atom is -0.327 e. The summed E-state index contributed by atoms with van der Waals surface area (Å²) in [7, 11) is 0. The molecular formula is C15H22IN2O+. The van der Waals surface area contributed by atoms with E-state index >= 15 is 0 Å². The van der Waals surface area contributed by atoms with Crippen LogP contribution >= 0.6 is 22.6 Å². The van der Waals surface area contributed by atoms with Crippen molar-refractivity contribution >= 4 is 34.2 Å². The van der Waals surface area contributed by atoms with E-state index in [0.29, 0.717) is 6.54 Å². The van der Waals surface area contributed by atoms with Crippen molar-refractivity contribution in [2.75, 3.05) is 25.0 Å². The SMILES string of the molecule is O=C(C[NH+]1CCCCCCC1)Nc1ccccc1I. The van der Waals surface area contributed by atoms with E-state index in [2.05, 4.69) is 27.9 Å². The van der Waals surface area contributed by atoms with E-state index in [1.54, 1.807) is 0 Å². The van der Waals surface area contributed by atoms with Crippen LogP contribution in [0.25, 0.3) is 0 Å². The van der Waals surface area contributed by atoms with Crippen molar-refractivity contribution in [1.82, 2.24) is 0 Å². The largest absolute Gasteiger partial charge is 0.327 e. The van der Waals surface area contributed by atoms with Crippen LogP contribution < -0.4 is 10.2 Å². The van der Waals surface area contributed by atoms with Gasteiger partial charge in [0.05, 0.1) is 18.8 Å². The number of nitrogens with one attached hydrogen (secondary N) is 2. The predicted molar refractivity (Wildman–Crippen MR) is 86.4 cm³/mol. The molecule has 2 N–H and O–H groups in total. The summed E-state index contributed by atoms with van der Waals surface area (Å²) in [6.45, 7) is 2.88. The van der Waals surface area contributed by atoms with E-state index in [-0.39, 0.29) is 5.91 Å². The lowest BCUT2D eigenvalue weighted by Crippen LogP contribution is -3.13. The van der Waals surface area contributed by atoms with Crippen molar-refractivity contribution in [2.45, 2.75) is 32.1 Å². The van der Waals surface area contributed by atoms with Crippen molar-refractivity contribution in [3.63, 3.8) is 0 Å². The number of halogens is 1. The second-order valence-corrected chi connectivity index (χ2v) is 6.38. The Morgan fingerprint density at radius 3 is 2.42 bits per heavy atom. The molecule has 1 aromatic carbocycles. The first-order valence-corrected chi connectivity index (χ1v) is 8.21. The molecule has 1 aliphatic rings. The minimum absolute atomic E-state index is 0.139. The molecule has 1 amide bonds. The van der Waals surface area contributed by atoms with Gasteiger partial charge in [-0.05, 0) is 60.4 Å². The fraction of sp³-hybridized carbons (Fsp3) is 0.533. The third-order valence-electron chi connectivity index (χ3n) is 3.62. The van der Waals surface area contributed by atoms with Gasteiger partial charge in [0.1, 0.15) is 0 Å². The monoisotopic (exact) mass is 373 g/mol. The highest BCUT2D eigenvalue weighted by molar-refractivity contribution is 14.1. The normalized spacial score (nSPS) is 17.5. The second kappa shape index (κ2) is 7.85. The number of quaternary nitrogens is 1. The number of hydrogen-bond donors (Lipinski definition) is 2. The molecule has 0 aromatic heterocycles. The molecule has 1 aromatic rings. The topological polar surface area (TPSA) is 33.5 Å². The van der Waals surface area contributed by atoms with E-state index in [0.717, 1.165) is 22.3 Å². The molecule has 1 heterocycles. The number of anilines is 1. The van der Waals surface area contributed by atoms with Crippen molar-refractivity contribution in [3.05, 3.63) is 27.8 Å². The summed E-state index contributed by atoms with van der Waals surface area (Å²) in [5.41, 5.74) is 0.930. The molecule has 0 atom stereocenters. The fourth-order valence-electron chi connectivity index (χ4n) is 2.57. The first-order valence-electron chi connectivity index (χ1n) is 7.13. The fourth-order valence-corrected chi connectivity index (χ4v) is 3.09. The molecule has 1 aliphatic heterocycles. The Hall–Kier alpha value is -0.620. The van der Waals surface area contributed by atoms with Crippen LogP contribution in [0.1, 0.15) is 32.1 Å². The van der Waals surface area contributed by atoms with Crippen LogP contribution in [0.5, 0.6) is 0 Å². The van der Waals surface area contributed by atoms with Gasteiger partial charge in [0.15, 0.2) is 6.54 Å². The molecule has 104 valence electrons. The van der Waals surface area contributed by atoms with Crippen LogP contribution in [0, 0.1) is 3.57 Å². The second-order valence-electron chi connectivity index (χ2n) is 5.22. The standard InChI is InChI=1S/C15H21IN2O/c16-13-8-4-5-9-14(13)17-15(19)12-18-10-6-2-1-3-7-11-18/h4-5,8-9H,1-3,6-7,10-12H2,(H,17,19)/p+1. The first kappa shape index (κ1) is 14.8. The maximum absolute atomic E-state index is 12.1. The zero-order valence-corrected chi connectivity index (χ0v) is 13.4. The third kappa shape index (κ3) is 5.10. The molecule has 0 saturated carbocycles. The summed E-state index contributed by atoms with van der Waals surface area (Å²) in [6.07, 6.45) is 6.52. The van der Waals surface area contributed by atoms with Crippen molar-refractivity contribution in [3.8, 4) is 0 Å². The molecular weight excluding hydrogens is 351 g/mol. The Kier molecular flexibility index (Phi) is 6.10. The summed E-state index contributed by atoms with van der Waals surface area (Å²) in [5, 5.41) is 3.03. The molecule has 0 unspecified atom stereocenters. The van der Waals surface area contributed by atoms with Gasteiger partial charge in [0, 0.05) is 3.57 Å². The van der Waals surface area contributed by atoms with Gasteiger partial charge in [-0.25, -0.2) is 0 Å². The summed E-state index contributed by atoms with van der Waals surface area (Å²) in [5.74, 6) is 0.139. The molecule has 0 radical (unpaired) electrons. The Bertz CT molecular complexity index is 414. The highest BCUT2D eigenvalue weighted by Crippen LogP contribution is 2.16. The van der Waals surface area contributed by atoms with Crippen molar-refractivity contribution < 1.29 is 9.69 Å². The minimum atomic E-state index is 0.139. The smallest absolute Gasteiger partial charge is 0.279 e. The zero-order valence-electron chi connectivity index (χ0n) is 11.3. The summed E-state index contributed by atoms with van der Waals surface area (Å²) in [4.78, 5) is 13.5. The molecule has 4 heteroatoms. The van der Waals surface area contributed by atoms with Crippen LogP contribution in [-0.2, 0) is 4.79 Å². The van der Waals surface area contributed by atoms with Crippen LogP contribution in [0.2, 0.25) is 0 Å². The predicted octanol–water partition coefficient (Wildman–Crippen LogP) is 2.08. The van der Waals surface area contributed by atoms with Gasteiger partial charge in [-0.2, -0.15) is 0 Å². The lowest BCUT2D eigenvalue weighted by atomic mass is 10.1. The number of amides is 1. The maximum Gasteiger partial charge on any atom is 0.279 e. The number of benzene rings is 1. The number of carbonyl (C=O) groups is 1. The van der Waals surface area contributed by atoms with Gasteiger partial charge in [0.2, 0.25) is 0 Å². The zero-order chi connectivity index (χ0) is 13.5. The van der Waals surface area contributed by atoms with E-state index in [9.17, 15) is 4.79 Å². The number of likely N-dealkylation sites (tertiary alicyclic amines) is 1. The lowest BCUT2D eigenvalue weighted by Gasteiger charge is -2.21. The summed E-state index contributed by atoms with van der Waals surface area (Å²) in [6, 6.07) is 7.92. The molecule has 19 heavy (non-hydrogen) atoms. The summed E-state index contributed by atoms with van der Waals surface area (Å²) < 4.78 is 1.09. The molecule has 1 saturated heterocycles. The Balaban J connectivity index is 1.84. The average Bonchev–Trinajstić information content (AvgIpc) is 2.35. The molecule has 3 nitrogen and oxygen atoms in total. The highest BCUT2D eigenvalue weighted by Gasteiger charge is 2.16. The molecule has 0 spiro atoms. The van der Waals surface area contributed by atoms with Gasteiger partial charge < -0.3 is 10.2 Å². The van der Waals surface area contributed by atoms with Crippen LogP contribution in [0.4, 0.5) is 5.69 Å². The first-order chi connectivity index (χ1) is 9.25. The van der Waals surface area contributed by atoms with E-state index in [4.69, 9.17) is 0 Å². The molecule has 1 fully saturated rings. The van der Waals surface area contributed by atoms with Gasteiger partial charge >= 0.3 is 0 Å². The van der Waals surface area contributed by atoms with Crippen LogP contribution in [0.3, 0.4) is 0 Å². The van der Waals surface area contributed by atoms with Crippen LogP contribution in [0.15, 0.2) is 24.3 Å². The molecule has 0 bridgehead atoms. The van der Waals surface area contributed by atoms with Crippen molar-refractivity contribution in [1.29, 1.82) is 0 Å².